The molecule has 3 N–H and O–H groups in total. The molecule has 0 unspecified atom stereocenters. The van der Waals surface area contributed by atoms with Crippen LogP contribution in [-0.4, -0.2) is 56.3 Å². The number of rotatable bonds is 8. The zero-order valence-electron chi connectivity index (χ0n) is 13.1. The van der Waals surface area contributed by atoms with Gasteiger partial charge in [0.05, 0.1) is 12.7 Å². The minimum absolute atomic E-state index is 0.0927. The number of nitrogens with one attached hydrogen (secondary N) is 1. The first kappa shape index (κ1) is 16.7. The summed E-state index contributed by atoms with van der Waals surface area (Å²) in [6, 6.07) is 7.64. The van der Waals surface area contributed by atoms with Gasteiger partial charge in [0.2, 0.25) is 0 Å². The van der Waals surface area contributed by atoms with Crippen molar-refractivity contribution in [3.8, 4) is 5.75 Å². The van der Waals surface area contributed by atoms with Gasteiger partial charge < -0.3 is 20.5 Å². The molecule has 6 heteroatoms. The number of amides is 1. The molecule has 0 radical (unpaired) electrons. The molecule has 22 heavy (non-hydrogen) atoms. The van der Waals surface area contributed by atoms with Crippen LogP contribution in [0.1, 0.15) is 12.5 Å². The first-order chi connectivity index (χ1) is 10.7. The number of benzene rings is 1. The fourth-order valence-corrected chi connectivity index (χ4v) is 2.43. The van der Waals surface area contributed by atoms with E-state index in [-0.39, 0.29) is 12.7 Å². The number of carbonyl (C=O) groups excluding carboxylic acids is 1. The monoisotopic (exact) mass is 307 g/mol. The fraction of sp³-hybridized carbons (Fsp3) is 0.562. The quantitative estimate of drug-likeness (QED) is 0.725. The maximum absolute atomic E-state index is 10.6. The highest BCUT2D eigenvalue weighted by atomic mass is 16.5. The predicted octanol–water partition coefficient (Wildman–Crippen LogP) is 0.361. The van der Waals surface area contributed by atoms with E-state index in [9.17, 15) is 4.79 Å². The van der Waals surface area contributed by atoms with Gasteiger partial charge in [-0.1, -0.05) is 19.1 Å². The Morgan fingerprint density at radius 3 is 2.91 bits per heavy atom. The van der Waals surface area contributed by atoms with E-state index in [4.69, 9.17) is 15.2 Å². The van der Waals surface area contributed by atoms with Crippen LogP contribution >= 0.6 is 0 Å². The lowest BCUT2D eigenvalue weighted by atomic mass is 10.2. The van der Waals surface area contributed by atoms with E-state index in [1.54, 1.807) is 0 Å². The average Bonchev–Trinajstić information content (AvgIpc) is 2.54. The van der Waals surface area contributed by atoms with Gasteiger partial charge >= 0.3 is 0 Å². The molecule has 1 aromatic carbocycles. The molecule has 0 bridgehead atoms. The molecule has 6 nitrogen and oxygen atoms in total. The van der Waals surface area contributed by atoms with Crippen LogP contribution in [0.2, 0.25) is 0 Å². The lowest BCUT2D eigenvalue weighted by Gasteiger charge is -2.32. The third kappa shape index (κ3) is 5.63. The molecule has 1 aliphatic rings. The highest BCUT2D eigenvalue weighted by Crippen LogP contribution is 2.12. The van der Waals surface area contributed by atoms with Gasteiger partial charge in [0.15, 0.2) is 6.61 Å². The van der Waals surface area contributed by atoms with Crippen molar-refractivity contribution in [1.82, 2.24) is 10.2 Å². The second-order valence-corrected chi connectivity index (χ2v) is 5.42. The molecule has 122 valence electrons. The van der Waals surface area contributed by atoms with Crippen molar-refractivity contribution < 1.29 is 14.3 Å². The van der Waals surface area contributed by atoms with Gasteiger partial charge in [-0.05, 0) is 24.2 Å². The van der Waals surface area contributed by atoms with Gasteiger partial charge in [-0.2, -0.15) is 0 Å². The Morgan fingerprint density at radius 1 is 1.45 bits per heavy atom. The van der Waals surface area contributed by atoms with Crippen molar-refractivity contribution in [1.29, 1.82) is 0 Å². The van der Waals surface area contributed by atoms with Gasteiger partial charge in [-0.15, -0.1) is 0 Å². The topological polar surface area (TPSA) is 76.8 Å². The van der Waals surface area contributed by atoms with Crippen molar-refractivity contribution in [3.05, 3.63) is 29.8 Å². The fourth-order valence-electron chi connectivity index (χ4n) is 2.43. The molecule has 0 spiro atoms. The van der Waals surface area contributed by atoms with Crippen molar-refractivity contribution in [2.45, 2.75) is 19.6 Å². The second kappa shape index (κ2) is 8.73. The summed E-state index contributed by atoms with van der Waals surface area (Å²) in [5.74, 6) is 0.177. The summed E-state index contributed by atoms with van der Waals surface area (Å²) in [5.41, 5.74) is 6.20. The van der Waals surface area contributed by atoms with Crippen LogP contribution in [0, 0.1) is 0 Å². The Labute approximate surface area is 131 Å². The third-order valence-electron chi connectivity index (χ3n) is 3.68. The van der Waals surface area contributed by atoms with Gasteiger partial charge in [0.1, 0.15) is 5.75 Å². The number of likely N-dealkylation sites (N-methyl/N-ethyl adjacent to an activating group) is 1. The Hall–Kier alpha value is -1.63. The van der Waals surface area contributed by atoms with E-state index in [1.165, 1.54) is 0 Å². The number of hydrogen-bond acceptors (Lipinski definition) is 5. The number of morpholine rings is 1. The van der Waals surface area contributed by atoms with Gasteiger partial charge in [0, 0.05) is 26.2 Å². The van der Waals surface area contributed by atoms with E-state index in [1.807, 2.05) is 24.3 Å². The van der Waals surface area contributed by atoms with E-state index in [0.29, 0.717) is 5.75 Å². The Bertz CT molecular complexity index is 464. The van der Waals surface area contributed by atoms with Crippen molar-refractivity contribution >= 4 is 5.91 Å². The smallest absolute Gasteiger partial charge is 0.255 e. The number of carbonyl (C=O) groups is 1. The predicted molar refractivity (Wildman–Crippen MR) is 84.7 cm³/mol. The Balaban J connectivity index is 1.69. The van der Waals surface area contributed by atoms with Crippen LogP contribution in [0.4, 0.5) is 0 Å². The number of primary amides is 1. The van der Waals surface area contributed by atoms with E-state index in [0.717, 1.165) is 44.9 Å². The van der Waals surface area contributed by atoms with Crippen LogP contribution in [0.5, 0.6) is 5.75 Å². The third-order valence-corrected chi connectivity index (χ3v) is 3.68. The summed E-state index contributed by atoms with van der Waals surface area (Å²) < 4.78 is 11.0. The molecule has 0 aliphatic carbocycles. The number of nitrogens with zero attached hydrogens (tertiary/aromatic N) is 1. The van der Waals surface area contributed by atoms with E-state index in [2.05, 4.69) is 17.1 Å². The second-order valence-electron chi connectivity index (χ2n) is 5.42. The standard InChI is InChI=1S/C16H25N3O3/c1-2-19-7-8-21-15(11-19)10-18-9-13-3-5-14(6-4-13)22-12-16(17)20/h3-6,15,18H,2,7-12H2,1H3,(H2,17,20)/t15-/m1/s1. The zero-order chi connectivity index (χ0) is 15.8. The summed E-state index contributed by atoms with van der Waals surface area (Å²) in [7, 11) is 0. The summed E-state index contributed by atoms with van der Waals surface area (Å²) in [6.45, 7) is 7.61. The summed E-state index contributed by atoms with van der Waals surface area (Å²) in [5, 5.41) is 3.42. The van der Waals surface area contributed by atoms with Gasteiger partial charge in [-0.3, -0.25) is 9.69 Å². The van der Waals surface area contributed by atoms with Crippen LogP contribution in [0.25, 0.3) is 0 Å². The normalized spacial score (nSPS) is 19.0. The van der Waals surface area contributed by atoms with Crippen molar-refractivity contribution in [2.75, 3.05) is 39.4 Å². The molecule has 1 fully saturated rings. The maximum atomic E-state index is 10.6. The highest BCUT2D eigenvalue weighted by molar-refractivity contribution is 5.75. The molecular formula is C16H25N3O3. The summed E-state index contributed by atoms with van der Waals surface area (Å²) in [4.78, 5) is 13.1. The summed E-state index contributed by atoms with van der Waals surface area (Å²) in [6.07, 6.45) is 0.256. The highest BCUT2D eigenvalue weighted by Gasteiger charge is 2.18. The SMILES string of the molecule is CCN1CCO[C@H](CNCc2ccc(OCC(N)=O)cc2)C1. The molecule has 1 atom stereocenters. The molecule has 2 rings (SSSR count). The number of nitrogens with two attached hydrogens (primary N) is 1. The van der Waals surface area contributed by atoms with Crippen molar-refractivity contribution in [3.63, 3.8) is 0 Å². The minimum Gasteiger partial charge on any atom is -0.484 e. The van der Waals surface area contributed by atoms with Crippen LogP contribution in [0.15, 0.2) is 24.3 Å². The molecule has 1 aliphatic heterocycles. The molecule has 1 aromatic rings. The maximum Gasteiger partial charge on any atom is 0.255 e. The molecular weight excluding hydrogens is 282 g/mol. The zero-order valence-corrected chi connectivity index (χ0v) is 13.1. The Morgan fingerprint density at radius 2 is 2.23 bits per heavy atom. The molecule has 1 heterocycles. The minimum atomic E-state index is -0.473. The number of hydrogen-bond donors (Lipinski definition) is 2. The van der Waals surface area contributed by atoms with Crippen LogP contribution < -0.4 is 15.8 Å². The number of ether oxygens (including phenoxy) is 2. The first-order valence-electron chi connectivity index (χ1n) is 7.72. The first-order valence-corrected chi connectivity index (χ1v) is 7.72. The molecule has 1 saturated heterocycles. The summed E-state index contributed by atoms with van der Waals surface area (Å²) >= 11 is 0. The molecule has 0 saturated carbocycles. The average molecular weight is 307 g/mol. The van der Waals surface area contributed by atoms with Gasteiger partial charge in [0.25, 0.3) is 5.91 Å². The van der Waals surface area contributed by atoms with E-state index >= 15 is 0 Å². The van der Waals surface area contributed by atoms with Crippen LogP contribution in [0.3, 0.4) is 0 Å². The largest absolute Gasteiger partial charge is 0.484 e. The lowest BCUT2D eigenvalue weighted by Crippen LogP contribution is -2.46. The Kier molecular flexibility index (Phi) is 6.64. The molecule has 0 aromatic heterocycles. The lowest BCUT2D eigenvalue weighted by molar-refractivity contribution is -0.119. The van der Waals surface area contributed by atoms with Crippen LogP contribution in [-0.2, 0) is 16.1 Å². The van der Waals surface area contributed by atoms with E-state index < -0.39 is 5.91 Å². The molecule has 1 amide bonds. The van der Waals surface area contributed by atoms with Gasteiger partial charge in [-0.25, -0.2) is 0 Å². The van der Waals surface area contributed by atoms with Crippen molar-refractivity contribution in [2.24, 2.45) is 5.73 Å².